The summed E-state index contributed by atoms with van der Waals surface area (Å²) in [6, 6.07) is 7.49. The second-order valence-corrected chi connectivity index (χ2v) is 4.99. The number of ether oxygens (including phenoxy) is 1. The van der Waals surface area contributed by atoms with Crippen LogP contribution in [0.4, 0.5) is 0 Å². The Hall–Kier alpha value is -3.15. The zero-order valence-electron chi connectivity index (χ0n) is 12.3. The first-order valence-electron chi connectivity index (χ1n) is 6.88. The molecule has 0 unspecified atom stereocenters. The molecule has 3 rings (SSSR count). The van der Waals surface area contributed by atoms with Gasteiger partial charge in [-0.1, -0.05) is 0 Å². The fraction of sp³-hybridized carbons (Fsp3) is 0.118. The molecule has 2 heterocycles. The molecule has 6 nitrogen and oxygen atoms in total. The minimum atomic E-state index is -0.568. The lowest BCUT2D eigenvalue weighted by Crippen LogP contribution is -2.08. The molecule has 0 atom stereocenters. The van der Waals surface area contributed by atoms with E-state index >= 15 is 0 Å². The van der Waals surface area contributed by atoms with Crippen molar-refractivity contribution in [3.63, 3.8) is 0 Å². The highest BCUT2D eigenvalue weighted by Crippen LogP contribution is 2.27. The molecule has 0 aliphatic rings. The van der Waals surface area contributed by atoms with Gasteiger partial charge >= 0.3 is 11.6 Å². The van der Waals surface area contributed by atoms with Gasteiger partial charge in [0.2, 0.25) is 0 Å². The number of pyridine rings is 1. The number of hydrogen-bond donors (Lipinski definition) is 1. The van der Waals surface area contributed by atoms with Crippen LogP contribution in [0.2, 0.25) is 0 Å². The van der Waals surface area contributed by atoms with Gasteiger partial charge in [0.05, 0.1) is 5.56 Å². The van der Waals surface area contributed by atoms with Gasteiger partial charge in [0.1, 0.15) is 17.9 Å². The van der Waals surface area contributed by atoms with Gasteiger partial charge in [0.15, 0.2) is 0 Å². The molecule has 0 bridgehead atoms. The Morgan fingerprint density at radius 2 is 2.00 bits per heavy atom. The molecule has 0 saturated heterocycles. The Kier molecular flexibility index (Phi) is 3.80. The van der Waals surface area contributed by atoms with Gasteiger partial charge in [-0.05, 0) is 31.2 Å². The first-order valence-corrected chi connectivity index (χ1v) is 6.88. The van der Waals surface area contributed by atoms with E-state index in [1.807, 2.05) is 0 Å². The van der Waals surface area contributed by atoms with Crippen LogP contribution in [0.3, 0.4) is 0 Å². The van der Waals surface area contributed by atoms with Gasteiger partial charge in [0, 0.05) is 35.0 Å². The lowest BCUT2D eigenvalue weighted by Gasteiger charge is -2.09. The average Bonchev–Trinajstić information content (AvgIpc) is 2.57. The summed E-state index contributed by atoms with van der Waals surface area (Å²) < 4.78 is 10.4. The van der Waals surface area contributed by atoms with Crippen LogP contribution in [0.15, 0.2) is 51.9 Å². The Morgan fingerprint density at radius 1 is 1.26 bits per heavy atom. The summed E-state index contributed by atoms with van der Waals surface area (Å²) in [4.78, 5) is 27.5. The van der Waals surface area contributed by atoms with Crippen LogP contribution in [0.25, 0.3) is 11.0 Å². The predicted molar refractivity (Wildman–Crippen MR) is 82.2 cm³/mol. The van der Waals surface area contributed by atoms with Gasteiger partial charge in [0.25, 0.3) is 0 Å². The van der Waals surface area contributed by atoms with Gasteiger partial charge in [-0.25, -0.2) is 9.59 Å². The average molecular weight is 311 g/mol. The standard InChI is InChI=1S/C17H13NO5/c1-10-14(19)3-2-13-12(8-15(20)23-16(10)13)9-22-17(21)11-4-6-18-7-5-11/h2-8,19H,9H2,1H3. The number of fused-ring (bicyclic) bond motifs is 1. The van der Waals surface area contributed by atoms with E-state index in [1.165, 1.54) is 24.5 Å². The van der Waals surface area contributed by atoms with E-state index in [0.29, 0.717) is 22.1 Å². The van der Waals surface area contributed by atoms with E-state index in [4.69, 9.17) is 9.15 Å². The highest BCUT2D eigenvalue weighted by atomic mass is 16.5. The summed E-state index contributed by atoms with van der Waals surface area (Å²) in [5, 5.41) is 10.3. The minimum absolute atomic E-state index is 0.0339. The number of aromatic nitrogens is 1. The number of carbonyl (C=O) groups is 1. The minimum Gasteiger partial charge on any atom is -0.508 e. The number of rotatable bonds is 3. The molecule has 0 aliphatic heterocycles. The van der Waals surface area contributed by atoms with Gasteiger partial charge < -0.3 is 14.3 Å². The second-order valence-electron chi connectivity index (χ2n) is 4.99. The fourth-order valence-corrected chi connectivity index (χ4v) is 2.25. The Bertz CT molecular complexity index is 931. The van der Waals surface area contributed by atoms with Gasteiger partial charge in [-0.2, -0.15) is 0 Å². The highest BCUT2D eigenvalue weighted by molar-refractivity contribution is 5.89. The third-order valence-corrected chi connectivity index (χ3v) is 3.49. The number of esters is 1. The van der Waals surface area contributed by atoms with E-state index in [0.717, 1.165) is 0 Å². The SMILES string of the molecule is Cc1c(O)ccc2c(COC(=O)c3ccncc3)cc(=O)oc12. The van der Waals surface area contributed by atoms with Gasteiger partial charge in [-0.3, -0.25) is 4.98 Å². The summed E-state index contributed by atoms with van der Waals surface area (Å²) >= 11 is 0. The summed E-state index contributed by atoms with van der Waals surface area (Å²) in [5.74, 6) is -0.476. The van der Waals surface area contributed by atoms with Crippen molar-refractivity contribution >= 4 is 16.9 Å². The third-order valence-electron chi connectivity index (χ3n) is 3.49. The van der Waals surface area contributed by atoms with Crippen molar-refractivity contribution in [3.05, 3.63) is 69.8 Å². The Balaban J connectivity index is 1.93. The van der Waals surface area contributed by atoms with Crippen LogP contribution >= 0.6 is 0 Å². The third kappa shape index (κ3) is 2.91. The number of phenols is 1. The van der Waals surface area contributed by atoms with Crippen molar-refractivity contribution in [3.8, 4) is 5.75 Å². The molecule has 6 heteroatoms. The van der Waals surface area contributed by atoms with Crippen molar-refractivity contribution in [1.29, 1.82) is 0 Å². The number of hydrogen-bond acceptors (Lipinski definition) is 6. The first-order chi connectivity index (χ1) is 11.1. The molecular formula is C17H13NO5. The number of nitrogens with zero attached hydrogens (tertiary/aromatic N) is 1. The molecule has 0 saturated carbocycles. The fourth-order valence-electron chi connectivity index (χ4n) is 2.25. The second kappa shape index (κ2) is 5.92. The molecule has 2 aromatic heterocycles. The topological polar surface area (TPSA) is 89.6 Å². The number of phenolic OH excluding ortho intramolecular Hbond substituents is 1. The van der Waals surface area contributed by atoms with E-state index in [2.05, 4.69) is 4.98 Å². The number of aryl methyl sites for hydroxylation is 1. The van der Waals surface area contributed by atoms with Crippen molar-refractivity contribution < 1.29 is 19.1 Å². The van der Waals surface area contributed by atoms with Crippen LogP contribution in [0.1, 0.15) is 21.5 Å². The summed E-state index contributed by atoms with van der Waals surface area (Å²) in [7, 11) is 0. The Morgan fingerprint density at radius 3 is 2.74 bits per heavy atom. The first kappa shape index (κ1) is 14.8. The molecule has 0 spiro atoms. The maximum absolute atomic E-state index is 12.0. The number of benzene rings is 1. The largest absolute Gasteiger partial charge is 0.508 e. The lowest BCUT2D eigenvalue weighted by molar-refractivity contribution is 0.0473. The normalized spacial score (nSPS) is 10.7. The van der Waals surface area contributed by atoms with Crippen LogP contribution in [0, 0.1) is 6.92 Å². The maximum atomic E-state index is 12.0. The van der Waals surface area contributed by atoms with Crippen molar-refractivity contribution in [1.82, 2.24) is 4.98 Å². The predicted octanol–water partition coefficient (Wildman–Crippen LogP) is 2.56. The summed E-state index contributed by atoms with van der Waals surface area (Å²) in [5.41, 5.74) is 1.07. The molecule has 23 heavy (non-hydrogen) atoms. The van der Waals surface area contributed by atoms with Crippen LogP contribution in [0.5, 0.6) is 5.75 Å². The van der Waals surface area contributed by atoms with E-state index in [-0.39, 0.29) is 17.9 Å². The molecule has 0 radical (unpaired) electrons. The van der Waals surface area contributed by atoms with Gasteiger partial charge in [-0.15, -0.1) is 0 Å². The zero-order valence-corrected chi connectivity index (χ0v) is 12.3. The lowest BCUT2D eigenvalue weighted by atomic mass is 10.1. The van der Waals surface area contributed by atoms with Crippen molar-refractivity contribution in [2.45, 2.75) is 13.5 Å². The van der Waals surface area contributed by atoms with E-state index in [9.17, 15) is 14.7 Å². The molecule has 0 aliphatic carbocycles. The molecule has 1 N–H and O–H groups in total. The Labute approximate surface area is 131 Å². The molecule has 1 aromatic carbocycles. The molecular weight excluding hydrogens is 298 g/mol. The quantitative estimate of drug-likeness (QED) is 0.590. The summed E-state index contributed by atoms with van der Waals surface area (Å²) in [6.45, 7) is 1.57. The van der Waals surface area contributed by atoms with Crippen LogP contribution in [-0.4, -0.2) is 16.1 Å². The van der Waals surface area contributed by atoms with Crippen molar-refractivity contribution in [2.24, 2.45) is 0 Å². The zero-order chi connectivity index (χ0) is 16.4. The highest BCUT2D eigenvalue weighted by Gasteiger charge is 2.13. The maximum Gasteiger partial charge on any atom is 0.338 e. The molecule has 0 amide bonds. The van der Waals surface area contributed by atoms with Crippen LogP contribution in [-0.2, 0) is 11.3 Å². The number of aromatic hydroxyl groups is 1. The van der Waals surface area contributed by atoms with E-state index < -0.39 is 11.6 Å². The summed E-state index contributed by atoms with van der Waals surface area (Å²) in [6.07, 6.45) is 2.99. The molecule has 0 fully saturated rings. The number of carbonyl (C=O) groups excluding carboxylic acids is 1. The smallest absolute Gasteiger partial charge is 0.338 e. The van der Waals surface area contributed by atoms with E-state index in [1.54, 1.807) is 25.1 Å². The molecule has 3 aromatic rings. The monoisotopic (exact) mass is 311 g/mol. The van der Waals surface area contributed by atoms with Crippen molar-refractivity contribution in [2.75, 3.05) is 0 Å². The van der Waals surface area contributed by atoms with Crippen LogP contribution < -0.4 is 5.63 Å². The molecule has 116 valence electrons.